The molecule has 1 aromatic carbocycles. The summed E-state index contributed by atoms with van der Waals surface area (Å²) in [6.07, 6.45) is 0.958. The van der Waals surface area contributed by atoms with Gasteiger partial charge in [-0.05, 0) is 17.9 Å². The SMILES string of the molecule is CC1(C)CC1C(=O)NCc1ccccc1O. The average molecular weight is 219 g/mol. The Bertz CT molecular complexity index is 412. The minimum Gasteiger partial charge on any atom is -0.508 e. The largest absolute Gasteiger partial charge is 0.508 e. The van der Waals surface area contributed by atoms with E-state index in [-0.39, 0.29) is 23.0 Å². The highest BCUT2D eigenvalue weighted by atomic mass is 16.3. The van der Waals surface area contributed by atoms with Crippen LogP contribution in [0.2, 0.25) is 0 Å². The fourth-order valence-corrected chi connectivity index (χ4v) is 1.88. The highest BCUT2D eigenvalue weighted by Crippen LogP contribution is 2.51. The minimum absolute atomic E-state index is 0.0910. The first-order valence-corrected chi connectivity index (χ1v) is 5.55. The van der Waals surface area contributed by atoms with E-state index >= 15 is 0 Å². The van der Waals surface area contributed by atoms with Crippen molar-refractivity contribution in [2.45, 2.75) is 26.8 Å². The Morgan fingerprint density at radius 1 is 1.50 bits per heavy atom. The highest BCUT2D eigenvalue weighted by molar-refractivity contribution is 5.82. The summed E-state index contributed by atoms with van der Waals surface area (Å²) in [5.41, 5.74) is 0.914. The van der Waals surface area contributed by atoms with Crippen molar-refractivity contribution in [3.63, 3.8) is 0 Å². The van der Waals surface area contributed by atoms with E-state index in [0.29, 0.717) is 6.54 Å². The maximum Gasteiger partial charge on any atom is 0.223 e. The molecule has 3 nitrogen and oxygen atoms in total. The second-order valence-electron chi connectivity index (χ2n) is 5.09. The van der Waals surface area contributed by atoms with E-state index in [9.17, 15) is 9.90 Å². The number of amides is 1. The van der Waals surface area contributed by atoms with Gasteiger partial charge >= 0.3 is 0 Å². The zero-order valence-corrected chi connectivity index (χ0v) is 9.66. The predicted octanol–water partition coefficient (Wildman–Crippen LogP) is 2.05. The lowest BCUT2D eigenvalue weighted by molar-refractivity contribution is -0.123. The minimum atomic E-state index is 0.0910. The van der Waals surface area contributed by atoms with Crippen LogP contribution in [0, 0.1) is 11.3 Å². The standard InChI is InChI=1S/C13H17NO2/c1-13(2)7-10(13)12(16)14-8-9-5-3-4-6-11(9)15/h3-6,10,15H,7-8H2,1-2H3,(H,14,16). The Balaban J connectivity index is 1.89. The molecule has 1 saturated carbocycles. The van der Waals surface area contributed by atoms with Gasteiger partial charge in [-0.1, -0.05) is 32.0 Å². The third-order valence-electron chi connectivity index (χ3n) is 3.27. The summed E-state index contributed by atoms with van der Waals surface area (Å²) in [6.45, 7) is 4.59. The Labute approximate surface area is 95.5 Å². The van der Waals surface area contributed by atoms with Crippen molar-refractivity contribution >= 4 is 5.91 Å². The van der Waals surface area contributed by atoms with Crippen LogP contribution in [-0.4, -0.2) is 11.0 Å². The number of carbonyl (C=O) groups is 1. The molecule has 1 unspecified atom stereocenters. The zero-order chi connectivity index (χ0) is 11.8. The monoisotopic (exact) mass is 219 g/mol. The number of aromatic hydroxyl groups is 1. The first-order chi connectivity index (χ1) is 7.50. The molecule has 0 radical (unpaired) electrons. The molecule has 86 valence electrons. The molecule has 1 fully saturated rings. The van der Waals surface area contributed by atoms with Crippen LogP contribution >= 0.6 is 0 Å². The molecule has 1 atom stereocenters. The van der Waals surface area contributed by atoms with Crippen molar-refractivity contribution in [1.29, 1.82) is 0 Å². The zero-order valence-electron chi connectivity index (χ0n) is 9.66. The van der Waals surface area contributed by atoms with Gasteiger partial charge in [-0.25, -0.2) is 0 Å². The lowest BCUT2D eigenvalue weighted by Crippen LogP contribution is -2.26. The molecule has 1 aliphatic carbocycles. The molecule has 16 heavy (non-hydrogen) atoms. The first kappa shape index (κ1) is 11.0. The van der Waals surface area contributed by atoms with Gasteiger partial charge in [0.1, 0.15) is 5.75 Å². The first-order valence-electron chi connectivity index (χ1n) is 5.55. The third-order valence-corrected chi connectivity index (χ3v) is 3.27. The highest BCUT2D eigenvalue weighted by Gasteiger charge is 2.50. The van der Waals surface area contributed by atoms with Crippen LogP contribution in [-0.2, 0) is 11.3 Å². The predicted molar refractivity (Wildman–Crippen MR) is 61.8 cm³/mol. The molecule has 0 aliphatic heterocycles. The number of phenols is 1. The molecular formula is C13H17NO2. The lowest BCUT2D eigenvalue weighted by atomic mass is 10.1. The molecule has 0 saturated heterocycles. The molecular weight excluding hydrogens is 202 g/mol. The third kappa shape index (κ3) is 2.18. The normalized spacial score (nSPS) is 21.5. The Morgan fingerprint density at radius 3 is 2.69 bits per heavy atom. The number of para-hydroxylation sites is 1. The van der Waals surface area contributed by atoms with Gasteiger partial charge in [-0.2, -0.15) is 0 Å². The van der Waals surface area contributed by atoms with Gasteiger partial charge in [0.15, 0.2) is 0 Å². The maximum atomic E-state index is 11.7. The van der Waals surface area contributed by atoms with E-state index in [0.717, 1.165) is 12.0 Å². The van der Waals surface area contributed by atoms with Crippen molar-refractivity contribution in [3.05, 3.63) is 29.8 Å². The molecule has 3 heteroatoms. The van der Waals surface area contributed by atoms with Crippen LogP contribution in [0.5, 0.6) is 5.75 Å². The Kier molecular flexibility index (Phi) is 2.62. The summed E-state index contributed by atoms with van der Waals surface area (Å²) in [7, 11) is 0. The number of carbonyl (C=O) groups excluding carboxylic acids is 1. The number of nitrogens with one attached hydrogen (secondary N) is 1. The van der Waals surface area contributed by atoms with Gasteiger partial charge in [-0.15, -0.1) is 0 Å². The van der Waals surface area contributed by atoms with Gasteiger partial charge < -0.3 is 10.4 Å². The fourth-order valence-electron chi connectivity index (χ4n) is 1.88. The number of hydrogen-bond donors (Lipinski definition) is 2. The number of hydrogen-bond acceptors (Lipinski definition) is 2. The van der Waals surface area contributed by atoms with Crippen LogP contribution in [0.15, 0.2) is 24.3 Å². The molecule has 0 aromatic heterocycles. The van der Waals surface area contributed by atoms with Crippen molar-refractivity contribution in [2.75, 3.05) is 0 Å². The van der Waals surface area contributed by atoms with E-state index in [1.165, 1.54) is 0 Å². The summed E-state index contributed by atoms with van der Waals surface area (Å²) in [5.74, 6) is 0.462. The molecule has 2 rings (SSSR count). The van der Waals surface area contributed by atoms with Gasteiger partial charge in [0, 0.05) is 18.0 Å². The molecule has 0 bridgehead atoms. The second-order valence-corrected chi connectivity index (χ2v) is 5.09. The average Bonchev–Trinajstić information content (AvgIpc) is 2.86. The van der Waals surface area contributed by atoms with Gasteiger partial charge in [0.2, 0.25) is 5.91 Å². The number of rotatable bonds is 3. The Hall–Kier alpha value is -1.51. The number of phenolic OH excluding ortho intramolecular Hbond substituents is 1. The van der Waals surface area contributed by atoms with Crippen LogP contribution < -0.4 is 5.32 Å². The van der Waals surface area contributed by atoms with E-state index in [1.54, 1.807) is 12.1 Å². The molecule has 1 amide bonds. The number of benzene rings is 1. The lowest BCUT2D eigenvalue weighted by Gasteiger charge is -2.07. The molecule has 1 aliphatic rings. The van der Waals surface area contributed by atoms with Crippen molar-refractivity contribution in [1.82, 2.24) is 5.32 Å². The van der Waals surface area contributed by atoms with Crippen LogP contribution in [0.4, 0.5) is 0 Å². The summed E-state index contributed by atoms with van der Waals surface area (Å²) < 4.78 is 0. The fraction of sp³-hybridized carbons (Fsp3) is 0.462. The quantitative estimate of drug-likeness (QED) is 0.817. The van der Waals surface area contributed by atoms with Crippen LogP contribution in [0.3, 0.4) is 0 Å². The summed E-state index contributed by atoms with van der Waals surface area (Å²) in [4.78, 5) is 11.7. The van der Waals surface area contributed by atoms with E-state index in [4.69, 9.17) is 0 Å². The second kappa shape index (κ2) is 3.81. The van der Waals surface area contributed by atoms with Crippen LogP contribution in [0.1, 0.15) is 25.8 Å². The molecule has 2 N–H and O–H groups in total. The smallest absolute Gasteiger partial charge is 0.223 e. The Morgan fingerprint density at radius 2 is 2.12 bits per heavy atom. The summed E-state index contributed by atoms with van der Waals surface area (Å²) in [6, 6.07) is 7.06. The van der Waals surface area contributed by atoms with Crippen LogP contribution in [0.25, 0.3) is 0 Å². The van der Waals surface area contributed by atoms with Gasteiger partial charge in [0.05, 0.1) is 0 Å². The topological polar surface area (TPSA) is 49.3 Å². The van der Waals surface area contributed by atoms with Crippen molar-refractivity contribution in [3.8, 4) is 5.75 Å². The van der Waals surface area contributed by atoms with Crippen molar-refractivity contribution < 1.29 is 9.90 Å². The molecule has 0 spiro atoms. The van der Waals surface area contributed by atoms with E-state index < -0.39 is 0 Å². The molecule has 0 heterocycles. The van der Waals surface area contributed by atoms with E-state index in [2.05, 4.69) is 19.2 Å². The molecule has 1 aromatic rings. The van der Waals surface area contributed by atoms with Gasteiger partial charge in [-0.3, -0.25) is 4.79 Å². The van der Waals surface area contributed by atoms with Crippen molar-refractivity contribution in [2.24, 2.45) is 11.3 Å². The summed E-state index contributed by atoms with van der Waals surface area (Å²) >= 11 is 0. The van der Waals surface area contributed by atoms with E-state index in [1.807, 2.05) is 12.1 Å². The summed E-state index contributed by atoms with van der Waals surface area (Å²) in [5, 5.41) is 12.4. The van der Waals surface area contributed by atoms with Gasteiger partial charge in [0.25, 0.3) is 0 Å². The maximum absolute atomic E-state index is 11.7.